The van der Waals surface area contributed by atoms with Gasteiger partial charge in [0.1, 0.15) is 6.33 Å². The molecule has 2 rings (SSSR count). The molecule has 0 saturated carbocycles. The van der Waals surface area contributed by atoms with Crippen LogP contribution in [0.3, 0.4) is 0 Å². The summed E-state index contributed by atoms with van der Waals surface area (Å²) in [7, 11) is 0. The van der Waals surface area contributed by atoms with Crippen LogP contribution in [0, 0.1) is 0 Å². The molecule has 0 amide bonds. The molecule has 0 atom stereocenters. The predicted molar refractivity (Wildman–Crippen MR) is 41.4 cm³/mol. The number of nitrogens with two attached hydrogens (primary N) is 1. The Balaban J connectivity index is 2.45. The van der Waals surface area contributed by atoms with Crippen LogP contribution in [0.4, 0.5) is 5.82 Å². The Morgan fingerprint density at radius 1 is 1.42 bits per heavy atom. The maximum Gasteiger partial charge on any atom is 0.166 e. The molecule has 60 valence electrons. The van der Waals surface area contributed by atoms with Crippen molar-refractivity contribution in [1.29, 1.82) is 0 Å². The number of hydrogen-bond donors (Lipinski definition) is 1. The third kappa shape index (κ3) is 1.09. The third-order valence-electron chi connectivity index (χ3n) is 1.31. The van der Waals surface area contributed by atoms with Crippen LogP contribution in [0.2, 0.25) is 0 Å². The second kappa shape index (κ2) is 2.57. The molecule has 0 saturated heterocycles. The van der Waals surface area contributed by atoms with Gasteiger partial charge in [-0.25, -0.2) is 14.6 Å². The Hall–Kier alpha value is -1.98. The first-order valence-electron chi connectivity index (χ1n) is 3.30. The first kappa shape index (κ1) is 6.71. The lowest BCUT2D eigenvalue weighted by molar-refractivity contribution is 0.778. The monoisotopic (exact) mass is 162 g/mol. The van der Waals surface area contributed by atoms with E-state index < -0.39 is 0 Å². The standard InChI is InChI=1S/C6H6N6/c7-5-3-12(11-10-5)6-1-2-8-4-9-6/h1-4H,7H2. The molecule has 0 bridgehead atoms. The van der Waals surface area contributed by atoms with Crippen LogP contribution < -0.4 is 5.73 Å². The first-order chi connectivity index (χ1) is 5.86. The molecule has 2 aromatic rings. The average molecular weight is 162 g/mol. The summed E-state index contributed by atoms with van der Waals surface area (Å²) in [6.45, 7) is 0. The van der Waals surface area contributed by atoms with Crippen molar-refractivity contribution in [2.75, 3.05) is 5.73 Å². The Morgan fingerprint density at radius 3 is 2.92 bits per heavy atom. The van der Waals surface area contributed by atoms with Crippen molar-refractivity contribution in [3.8, 4) is 5.82 Å². The average Bonchev–Trinajstić information content (AvgIpc) is 2.54. The molecular weight excluding hydrogens is 156 g/mol. The number of nitrogens with zero attached hydrogens (tertiary/aromatic N) is 5. The fraction of sp³-hybridized carbons (Fsp3) is 0. The van der Waals surface area contributed by atoms with E-state index >= 15 is 0 Å². The van der Waals surface area contributed by atoms with Crippen LogP contribution in [0.5, 0.6) is 0 Å². The summed E-state index contributed by atoms with van der Waals surface area (Å²) in [5.74, 6) is 1.02. The fourth-order valence-electron chi connectivity index (χ4n) is 0.808. The van der Waals surface area contributed by atoms with E-state index in [1.807, 2.05) is 0 Å². The maximum absolute atomic E-state index is 5.38. The highest BCUT2D eigenvalue weighted by molar-refractivity contribution is 5.26. The molecular formula is C6H6N6. The first-order valence-corrected chi connectivity index (χ1v) is 3.30. The van der Waals surface area contributed by atoms with Crippen molar-refractivity contribution in [3.05, 3.63) is 24.8 Å². The summed E-state index contributed by atoms with van der Waals surface area (Å²) < 4.78 is 1.48. The minimum absolute atomic E-state index is 0.369. The molecule has 0 aliphatic heterocycles. The molecule has 0 aromatic carbocycles. The zero-order chi connectivity index (χ0) is 8.39. The van der Waals surface area contributed by atoms with Gasteiger partial charge in [0.2, 0.25) is 0 Å². The number of nitrogen functional groups attached to an aromatic ring is 1. The Kier molecular flexibility index (Phi) is 1.44. The van der Waals surface area contributed by atoms with Crippen molar-refractivity contribution >= 4 is 5.82 Å². The van der Waals surface area contributed by atoms with Crippen LogP contribution in [0.25, 0.3) is 5.82 Å². The number of aromatic nitrogens is 5. The predicted octanol–water partition coefficient (Wildman–Crippen LogP) is -0.361. The maximum atomic E-state index is 5.38. The summed E-state index contributed by atoms with van der Waals surface area (Å²) in [5, 5.41) is 7.36. The van der Waals surface area contributed by atoms with Gasteiger partial charge in [-0.1, -0.05) is 5.21 Å². The van der Waals surface area contributed by atoms with E-state index in [0.29, 0.717) is 11.6 Å². The molecule has 12 heavy (non-hydrogen) atoms. The van der Waals surface area contributed by atoms with Gasteiger partial charge in [-0.2, -0.15) is 0 Å². The quantitative estimate of drug-likeness (QED) is 0.619. The SMILES string of the molecule is Nc1cn(-c2ccncn2)nn1. The number of anilines is 1. The minimum atomic E-state index is 0.369. The molecule has 0 fully saturated rings. The van der Waals surface area contributed by atoms with Gasteiger partial charge in [-0.15, -0.1) is 5.10 Å². The Bertz CT molecular complexity index is 367. The molecule has 0 radical (unpaired) electrons. The Morgan fingerprint density at radius 2 is 2.33 bits per heavy atom. The topological polar surface area (TPSA) is 82.5 Å². The molecule has 0 spiro atoms. The van der Waals surface area contributed by atoms with Crippen molar-refractivity contribution in [2.24, 2.45) is 0 Å². The van der Waals surface area contributed by atoms with E-state index in [1.54, 1.807) is 18.5 Å². The van der Waals surface area contributed by atoms with E-state index in [1.165, 1.54) is 11.0 Å². The van der Waals surface area contributed by atoms with E-state index in [0.717, 1.165) is 0 Å². The number of hydrogen-bond acceptors (Lipinski definition) is 5. The van der Waals surface area contributed by atoms with Gasteiger partial charge in [0.05, 0.1) is 6.20 Å². The summed E-state index contributed by atoms with van der Waals surface area (Å²) in [6, 6.07) is 1.72. The van der Waals surface area contributed by atoms with Crippen LogP contribution in [-0.4, -0.2) is 25.0 Å². The zero-order valence-electron chi connectivity index (χ0n) is 6.12. The highest BCUT2D eigenvalue weighted by Gasteiger charge is 1.98. The smallest absolute Gasteiger partial charge is 0.166 e. The van der Waals surface area contributed by atoms with Crippen LogP contribution in [0.15, 0.2) is 24.8 Å². The van der Waals surface area contributed by atoms with Crippen molar-refractivity contribution in [1.82, 2.24) is 25.0 Å². The summed E-state index contributed by atoms with van der Waals surface area (Å²) >= 11 is 0. The molecule has 2 heterocycles. The lowest BCUT2D eigenvalue weighted by Crippen LogP contribution is -1.97. The molecule has 6 heteroatoms. The van der Waals surface area contributed by atoms with E-state index in [-0.39, 0.29) is 0 Å². The minimum Gasteiger partial charge on any atom is -0.381 e. The zero-order valence-corrected chi connectivity index (χ0v) is 6.12. The van der Waals surface area contributed by atoms with Gasteiger partial charge in [0, 0.05) is 12.3 Å². The van der Waals surface area contributed by atoms with Gasteiger partial charge in [-0.3, -0.25) is 0 Å². The summed E-state index contributed by atoms with van der Waals surface area (Å²) in [4.78, 5) is 7.73. The Labute approximate surface area is 68.1 Å². The van der Waals surface area contributed by atoms with Crippen molar-refractivity contribution in [3.63, 3.8) is 0 Å². The van der Waals surface area contributed by atoms with E-state index in [9.17, 15) is 0 Å². The van der Waals surface area contributed by atoms with Gasteiger partial charge >= 0.3 is 0 Å². The molecule has 2 aromatic heterocycles. The van der Waals surface area contributed by atoms with Crippen molar-refractivity contribution < 1.29 is 0 Å². The van der Waals surface area contributed by atoms with Crippen LogP contribution in [-0.2, 0) is 0 Å². The van der Waals surface area contributed by atoms with Crippen molar-refractivity contribution in [2.45, 2.75) is 0 Å². The van der Waals surface area contributed by atoms with E-state index in [2.05, 4.69) is 20.3 Å². The lowest BCUT2D eigenvalue weighted by Gasteiger charge is -1.94. The van der Waals surface area contributed by atoms with Gasteiger partial charge in [0.25, 0.3) is 0 Å². The third-order valence-corrected chi connectivity index (χ3v) is 1.31. The number of rotatable bonds is 1. The molecule has 0 aliphatic rings. The largest absolute Gasteiger partial charge is 0.381 e. The fourth-order valence-corrected chi connectivity index (χ4v) is 0.808. The molecule has 2 N–H and O–H groups in total. The molecule has 0 aliphatic carbocycles. The normalized spacial score (nSPS) is 10.0. The lowest BCUT2D eigenvalue weighted by atomic mass is 10.6. The highest BCUT2D eigenvalue weighted by atomic mass is 15.4. The molecule has 6 nitrogen and oxygen atoms in total. The van der Waals surface area contributed by atoms with E-state index in [4.69, 9.17) is 5.73 Å². The van der Waals surface area contributed by atoms with Gasteiger partial charge in [0.15, 0.2) is 11.6 Å². The highest BCUT2D eigenvalue weighted by Crippen LogP contribution is 2.00. The van der Waals surface area contributed by atoms with Crippen LogP contribution in [0.1, 0.15) is 0 Å². The summed E-state index contributed by atoms with van der Waals surface area (Å²) in [6.07, 6.45) is 4.65. The second-order valence-corrected chi connectivity index (χ2v) is 2.16. The molecule has 0 unspecified atom stereocenters. The summed E-state index contributed by atoms with van der Waals surface area (Å²) in [5.41, 5.74) is 5.38. The van der Waals surface area contributed by atoms with Gasteiger partial charge in [-0.05, 0) is 0 Å². The van der Waals surface area contributed by atoms with Gasteiger partial charge < -0.3 is 5.73 Å². The second-order valence-electron chi connectivity index (χ2n) is 2.16. The van der Waals surface area contributed by atoms with Crippen LogP contribution >= 0.6 is 0 Å².